The van der Waals surface area contributed by atoms with Gasteiger partial charge >= 0.3 is 0 Å². The average molecular weight is 275 g/mol. The number of amides is 1. The minimum absolute atomic E-state index is 0. The molecule has 3 nitrogen and oxygen atoms in total. The Hall–Kier alpha value is -0.280. The van der Waals surface area contributed by atoms with Crippen molar-refractivity contribution in [3.8, 4) is 0 Å². The highest BCUT2D eigenvalue weighted by Crippen LogP contribution is 2.35. The Kier molecular flexibility index (Phi) is 6.44. The standard InChI is InChI=1S/C14H26N2O.ClH/c1-11-4-6-12(7-5-11)16(13-8-9-13)14(17)3-2-10-15;/h11-13H,2-10,15H2,1H3;1H. The van der Waals surface area contributed by atoms with E-state index in [-0.39, 0.29) is 12.4 Å². The number of nitrogens with two attached hydrogens (primary N) is 1. The summed E-state index contributed by atoms with van der Waals surface area (Å²) >= 11 is 0. The zero-order chi connectivity index (χ0) is 12.3. The predicted molar refractivity (Wildman–Crippen MR) is 76.8 cm³/mol. The summed E-state index contributed by atoms with van der Waals surface area (Å²) in [4.78, 5) is 14.5. The van der Waals surface area contributed by atoms with Gasteiger partial charge in [-0.3, -0.25) is 4.79 Å². The predicted octanol–water partition coefficient (Wildman–Crippen LogP) is 2.72. The molecule has 2 saturated carbocycles. The number of hydrogen-bond donors (Lipinski definition) is 1. The molecule has 0 aromatic carbocycles. The van der Waals surface area contributed by atoms with Crippen LogP contribution in [0.1, 0.15) is 58.3 Å². The van der Waals surface area contributed by atoms with Gasteiger partial charge in [0.1, 0.15) is 0 Å². The van der Waals surface area contributed by atoms with Crippen LogP contribution in [0.3, 0.4) is 0 Å². The second-order valence-corrected chi connectivity index (χ2v) is 5.84. The smallest absolute Gasteiger partial charge is 0.223 e. The van der Waals surface area contributed by atoms with Crippen LogP contribution in [-0.2, 0) is 4.79 Å². The van der Waals surface area contributed by atoms with E-state index >= 15 is 0 Å². The first kappa shape index (κ1) is 15.8. The van der Waals surface area contributed by atoms with Crippen molar-refractivity contribution < 1.29 is 4.79 Å². The molecule has 0 saturated heterocycles. The number of carbonyl (C=O) groups is 1. The van der Waals surface area contributed by atoms with E-state index in [1.807, 2.05) is 0 Å². The molecule has 1 amide bonds. The van der Waals surface area contributed by atoms with Crippen LogP contribution in [0.5, 0.6) is 0 Å². The van der Waals surface area contributed by atoms with Crippen LogP contribution in [0.4, 0.5) is 0 Å². The summed E-state index contributed by atoms with van der Waals surface area (Å²) in [6.45, 7) is 2.96. The maximum atomic E-state index is 12.2. The van der Waals surface area contributed by atoms with Crippen molar-refractivity contribution in [3.05, 3.63) is 0 Å². The highest BCUT2D eigenvalue weighted by atomic mass is 35.5. The Balaban J connectivity index is 0.00000162. The highest BCUT2D eigenvalue weighted by Gasteiger charge is 2.37. The van der Waals surface area contributed by atoms with Gasteiger partial charge in [-0.25, -0.2) is 0 Å². The fourth-order valence-electron chi connectivity index (χ4n) is 2.96. The Morgan fingerprint density at radius 2 is 1.61 bits per heavy atom. The average Bonchev–Trinajstić information content (AvgIpc) is 3.14. The Labute approximate surface area is 117 Å². The number of hydrogen-bond acceptors (Lipinski definition) is 2. The molecule has 0 radical (unpaired) electrons. The molecule has 18 heavy (non-hydrogen) atoms. The van der Waals surface area contributed by atoms with Crippen molar-refractivity contribution in [3.63, 3.8) is 0 Å². The summed E-state index contributed by atoms with van der Waals surface area (Å²) in [6, 6.07) is 1.10. The second kappa shape index (κ2) is 7.34. The van der Waals surface area contributed by atoms with Crippen molar-refractivity contribution >= 4 is 18.3 Å². The first-order valence-corrected chi connectivity index (χ1v) is 7.23. The summed E-state index contributed by atoms with van der Waals surface area (Å²) in [5, 5.41) is 0. The van der Waals surface area contributed by atoms with E-state index in [0.29, 0.717) is 31.0 Å². The summed E-state index contributed by atoms with van der Waals surface area (Å²) in [7, 11) is 0. The van der Waals surface area contributed by atoms with Crippen LogP contribution >= 0.6 is 12.4 Å². The van der Waals surface area contributed by atoms with Gasteiger partial charge in [0.15, 0.2) is 0 Å². The molecule has 2 N–H and O–H groups in total. The molecule has 0 unspecified atom stereocenters. The molecule has 0 heterocycles. The molecule has 2 rings (SSSR count). The van der Waals surface area contributed by atoms with Crippen LogP contribution in [0, 0.1) is 5.92 Å². The molecule has 0 aliphatic heterocycles. The van der Waals surface area contributed by atoms with E-state index in [0.717, 1.165) is 12.3 Å². The summed E-state index contributed by atoms with van der Waals surface area (Å²) in [5.74, 6) is 1.21. The lowest BCUT2D eigenvalue weighted by molar-refractivity contribution is -0.135. The van der Waals surface area contributed by atoms with Crippen LogP contribution in [-0.4, -0.2) is 29.4 Å². The summed E-state index contributed by atoms with van der Waals surface area (Å²) < 4.78 is 0. The number of carbonyl (C=O) groups excluding carboxylic acids is 1. The molecule has 106 valence electrons. The van der Waals surface area contributed by atoms with Gasteiger partial charge < -0.3 is 10.6 Å². The minimum Gasteiger partial charge on any atom is -0.337 e. The monoisotopic (exact) mass is 274 g/mol. The summed E-state index contributed by atoms with van der Waals surface area (Å²) in [6.07, 6.45) is 8.94. The number of nitrogens with zero attached hydrogens (tertiary/aromatic N) is 1. The van der Waals surface area contributed by atoms with Crippen LogP contribution in [0.15, 0.2) is 0 Å². The van der Waals surface area contributed by atoms with E-state index in [9.17, 15) is 4.79 Å². The zero-order valence-electron chi connectivity index (χ0n) is 11.4. The van der Waals surface area contributed by atoms with Gasteiger partial charge in [-0.15, -0.1) is 12.4 Å². The molecule has 2 aliphatic rings. The van der Waals surface area contributed by atoms with Gasteiger partial charge in [0.25, 0.3) is 0 Å². The molecule has 2 fully saturated rings. The molecule has 0 aromatic rings. The van der Waals surface area contributed by atoms with Gasteiger partial charge in [0.2, 0.25) is 5.91 Å². The van der Waals surface area contributed by atoms with E-state index in [1.54, 1.807) is 0 Å². The van der Waals surface area contributed by atoms with Crippen molar-refractivity contribution in [2.45, 2.75) is 70.4 Å². The highest BCUT2D eigenvalue weighted by molar-refractivity contribution is 5.85. The minimum atomic E-state index is 0. The van der Waals surface area contributed by atoms with E-state index in [4.69, 9.17) is 5.73 Å². The Morgan fingerprint density at radius 1 is 1.11 bits per heavy atom. The molecule has 2 aliphatic carbocycles. The zero-order valence-corrected chi connectivity index (χ0v) is 12.3. The summed E-state index contributed by atoms with van der Waals surface area (Å²) in [5.41, 5.74) is 5.49. The Bertz CT molecular complexity index is 261. The fourth-order valence-corrected chi connectivity index (χ4v) is 2.96. The largest absolute Gasteiger partial charge is 0.337 e. The van der Waals surface area contributed by atoms with Gasteiger partial charge in [-0.2, -0.15) is 0 Å². The van der Waals surface area contributed by atoms with E-state index in [1.165, 1.54) is 38.5 Å². The van der Waals surface area contributed by atoms with Gasteiger partial charge in [-0.05, 0) is 57.4 Å². The molecule has 0 atom stereocenters. The first-order chi connectivity index (χ1) is 8.22. The second-order valence-electron chi connectivity index (χ2n) is 5.84. The van der Waals surface area contributed by atoms with Gasteiger partial charge in [-0.1, -0.05) is 6.92 Å². The topological polar surface area (TPSA) is 46.3 Å². The first-order valence-electron chi connectivity index (χ1n) is 7.23. The molecule has 0 bridgehead atoms. The van der Waals surface area contributed by atoms with Crippen LogP contribution < -0.4 is 5.73 Å². The fraction of sp³-hybridized carbons (Fsp3) is 0.929. The van der Waals surface area contributed by atoms with Crippen molar-refractivity contribution in [1.82, 2.24) is 4.90 Å². The van der Waals surface area contributed by atoms with Crippen molar-refractivity contribution in [1.29, 1.82) is 0 Å². The van der Waals surface area contributed by atoms with Crippen LogP contribution in [0.2, 0.25) is 0 Å². The van der Waals surface area contributed by atoms with Crippen LogP contribution in [0.25, 0.3) is 0 Å². The van der Waals surface area contributed by atoms with E-state index < -0.39 is 0 Å². The third kappa shape index (κ3) is 4.13. The number of rotatable bonds is 5. The normalized spacial score (nSPS) is 27.4. The Morgan fingerprint density at radius 3 is 2.06 bits per heavy atom. The third-order valence-electron chi connectivity index (χ3n) is 4.20. The number of halogens is 1. The SMILES string of the molecule is CC1CCC(N(C(=O)CCCN)C2CC2)CC1.Cl. The lowest BCUT2D eigenvalue weighted by atomic mass is 9.86. The van der Waals surface area contributed by atoms with E-state index in [2.05, 4.69) is 11.8 Å². The lowest BCUT2D eigenvalue weighted by Gasteiger charge is -2.36. The van der Waals surface area contributed by atoms with Gasteiger partial charge in [0, 0.05) is 18.5 Å². The molecule has 4 heteroatoms. The third-order valence-corrected chi connectivity index (χ3v) is 4.20. The molecular weight excluding hydrogens is 248 g/mol. The molecular formula is C14H27ClN2O. The van der Waals surface area contributed by atoms with Crippen molar-refractivity contribution in [2.75, 3.05) is 6.54 Å². The lowest BCUT2D eigenvalue weighted by Crippen LogP contribution is -2.43. The molecule has 0 aromatic heterocycles. The van der Waals surface area contributed by atoms with Crippen molar-refractivity contribution in [2.24, 2.45) is 11.7 Å². The maximum Gasteiger partial charge on any atom is 0.223 e. The quantitative estimate of drug-likeness (QED) is 0.838. The van der Waals surface area contributed by atoms with Gasteiger partial charge in [0.05, 0.1) is 0 Å². The molecule has 0 spiro atoms. The maximum absolute atomic E-state index is 12.2.